The van der Waals surface area contributed by atoms with E-state index < -0.39 is 48.0 Å². The molecule has 0 fully saturated rings. The summed E-state index contributed by atoms with van der Waals surface area (Å²) in [5, 5.41) is 1.82. The first-order chi connectivity index (χ1) is 21.8. The Hall–Kier alpha value is -5.34. The highest BCUT2D eigenvalue weighted by Gasteiger charge is 2.30. The maximum atomic E-state index is 15.0. The number of aromatic amines is 1. The maximum absolute atomic E-state index is 15.0. The van der Waals surface area contributed by atoms with Gasteiger partial charge in [-0.25, -0.2) is 30.3 Å². The summed E-state index contributed by atoms with van der Waals surface area (Å²) in [6, 6.07) is 21.4. The monoisotopic (exact) mass is 678 g/mol. The number of anilines is 1. The third-order valence-electron chi connectivity index (χ3n) is 7.28. The second kappa shape index (κ2) is 12.5. The molecule has 10 nitrogen and oxygen atoms in total. The van der Waals surface area contributed by atoms with Crippen LogP contribution in [0.5, 0.6) is 0 Å². The van der Waals surface area contributed by atoms with Crippen LogP contribution in [-0.4, -0.2) is 38.5 Å². The van der Waals surface area contributed by atoms with E-state index in [1.54, 1.807) is 36.4 Å². The van der Waals surface area contributed by atoms with Crippen LogP contribution in [0.25, 0.3) is 32.8 Å². The molecule has 0 unspecified atom stereocenters. The molecule has 2 aromatic heterocycles. The molecule has 4 aromatic carbocycles. The Labute approximate surface area is 268 Å². The van der Waals surface area contributed by atoms with E-state index in [4.69, 9.17) is 0 Å². The van der Waals surface area contributed by atoms with Gasteiger partial charge in [-0.2, -0.15) is 0 Å². The molecule has 2 heterocycles. The van der Waals surface area contributed by atoms with Gasteiger partial charge < -0.3 is 9.55 Å². The molecule has 0 atom stereocenters. The van der Waals surface area contributed by atoms with Crippen LogP contribution in [0, 0.1) is 11.6 Å². The average molecular weight is 679 g/mol. The number of carbonyl (C=O) groups excluding carboxylic acids is 1. The van der Waals surface area contributed by atoms with Crippen molar-refractivity contribution < 1.29 is 30.4 Å². The molecule has 0 aliphatic rings. The molecule has 1 amide bonds. The normalized spacial score (nSPS) is 11.7. The fourth-order valence-corrected chi connectivity index (χ4v) is 6.95. The van der Waals surface area contributed by atoms with Crippen LogP contribution in [0.15, 0.2) is 107 Å². The highest BCUT2D eigenvalue weighted by molar-refractivity contribution is 7.92. The van der Waals surface area contributed by atoms with E-state index in [2.05, 4.69) is 9.71 Å². The van der Waals surface area contributed by atoms with Gasteiger partial charge in [0.2, 0.25) is 10.0 Å². The number of hydrogen-bond donors (Lipinski definition) is 3. The van der Waals surface area contributed by atoms with Gasteiger partial charge in [-0.3, -0.25) is 14.3 Å². The van der Waals surface area contributed by atoms with Gasteiger partial charge in [-0.1, -0.05) is 49.9 Å². The molecule has 0 saturated heterocycles. The summed E-state index contributed by atoms with van der Waals surface area (Å²) in [7, 11) is -8.38. The Morgan fingerprint density at radius 1 is 0.894 bits per heavy atom. The summed E-state index contributed by atoms with van der Waals surface area (Å²) in [4.78, 5) is 29.6. The van der Waals surface area contributed by atoms with Crippen molar-refractivity contribution in [1.29, 1.82) is 0 Å². The lowest BCUT2D eigenvalue weighted by molar-refractivity contribution is 0.0974. The second-order valence-electron chi connectivity index (χ2n) is 10.5. The van der Waals surface area contributed by atoms with Crippen molar-refractivity contribution in [3.63, 3.8) is 0 Å². The first kappa shape index (κ1) is 33.0. The zero-order valence-electron chi connectivity index (χ0n) is 23.9. The summed E-state index contributed by atoms with van der Waals surface area (Å²) >= 11 is 0. The standard InChI is InChI=1S/C32H24F2N4O6S2.CH4/c1-45(41,42)36-22-7-4-8-23(17-22)46(43,44)37-32(40)30-29(25-10-5-15-35-31(25)39)28-24-9-3-2-6-19(24)12-14-27(28)38(30)18-20-11-13-21(33)16-26(20)34;/h2-17,36H,18H2,1H3,(H,35,39)(H,37,40);1H4. The van der Waals surface area contributed by atoms with Crippen molar-refractivity contribution in [3.05, 3.63) is 130 Å². The van der Waals surface area contributed by atoms with E-state index in [1.165, 1.54) is 41.1 Å². The molecule has 3 N–H and O–H groups in total. The van der Waals surface area contributed by atoms with Crippen molar-refractivity contribution >= 4 is 53.3 Å². The van der Waals surface area contributed by atoms with Crippen LogP contribution < -0.4 is 15.0 Å². The summed E-state index contributed by atoms with van der Waals surface area (Å²) < 4.78 is 85.0. The quantitative estimate of drug-likeness (QED) is 0.191. The predicted octanol–water partition coefficient (Wildman–Crippen LogP) is 5.60. The van der Waals surface area contributed by atoms with Crippen LogP contribution in [0.2, 0.25) is 0 Å². The van der Waals surface area contributed by atoms with Crippen molar-refractivity contribution in [1.82, 2.24) is 14.3 Å². The molecule has 14 heteroatoms. The summed E-state index contributed by atoms with van der Waals surface area (Å²) in [5.74, 6) is -2.85. The zero-order valence-corrected chi connectivity index (χ0v) is 25.5. The Kier molecular flexibility index (Phi) is 8.75. The number of carbonyl (C=O) groups is 1. The molecule has 0 saturated carbocycles. The van der Waals surface area contributed by atoms with E-state index in [9.17, 15) is 30.8 Å². The number of nitrogens with zero attached hydrogens (tertiary/aromatic N) is 1. The van der Waals surface area contributed by atoms with Crippen LogP contribution in [0.4, 0.5) is 14.5 Å². The molecule has 0 spiro atoms. The smallest absolute Gasteiger partial charge is 0.282 e. The Morgan fingerprint density at radius 3 is 2.38 bits per heavy atom. The molecular weight excluding hydrogens is 651 g/mol. The molecule has 0 aliphatic heterocycles. The first-order valence-electron chi connectivity index (χ1n) is 13.6. The van der Waals surface area contributed by atoms with Crippen molar-refractivity contribution in [3.8, 4) is 11.1 Å². The van der Waals surface area contributed by atoms with Crippen LogP contribution in [0.3, 0.4) is 0 Å². The number of hydrogen-bond acceptors (Lipinski definition) is 6. The fourth-order valence-electron chi connectivity index (χ4n) is 5.39. The Bertz CT molecular complexity index is 2480. The highest BCUT2D eigenvalue weighted by atomic mass is 32.2. The second-order valence-corrected chi connectivity index (χ2v) is 13.9. The number of fused-ring (bicyclic) bond motifs is 3. The minimum atomic E-state index is -4.64. The van der Waals surface area contributed by atoms with Crippen LogP contribution >= 0.6 is 0 Å². The largest absolute Gasteiger partial charge is 0.331 e. The van der Waals surface area contributed by atoms with E-state index in [1.807, 2.05) is 10.8 Å². The van der Waals surface area contributed by atoms with Gasteiger partial charge >= 0.3 is 0 Å². The third-order valence-corrected chi connectivity index (χ3v) is 9.21. The van der Waals surface area contributed by atoms with Gasteiger partial charge in [0.05, 0.1) is 23.2 Å². The number of benzene rings is 4. The summed E-state index contributed by atoms with van der Waals surface area (Å²) in [6.07, 6.45) is 2.30. The summed E-state index contributed by atoms with van der Waals surface area (Å²) in [6.45, 7) is -0.331. The van der Waals surface area contributed by atoms with E-state index in [0.717, 1.165) is 23.8 Å². The minimum Gasteiger partial charge on any atom is -0.331 e. The minimum absolute atomic E-state index is 0. The maximum Gasteiger partial charge on any atom is 0.282 e. The van der Waals surface area contributed by atoms with Crippen LogP contribution in [0.1, 0.15) is 23.5 Å². The van der Waals surface area contributed by atoms with E-state index in [-0.39, 0.29) is 42.0 Å². The lowest BCUT2D eigenvalue weighted by Gasteiger charge is -2.14. The number of nitrogens with one attached hydrogen (secondary N) is 3. The molecule has 6 aromatic rings. The molecular formula is C33H28F2N4O6S2. The van der Waals surface area contributed by atoms with Crippen molar-refractivity contribution in [2.75, 3.05) is 11.0 Å². The van der Waals surface area contributed by atoms with E-state index >= 15 is 4.39 Å². The Morgan fingerprint density at radius 2 is 1.66 bits per heavy atom. The van der Waals surface area contributed by atoms with Crippen LogP contribution in [-0.2, 0) is 26.6 Å². The molecule has 0 bridgehead atoms. The zero-order chi connectivity index (χ0) is 32.8. The van der Waals surface area contributed by atoms with Gasteiger partial charge in [0.15, 0.2) is 0 Å². The number of amides is 1. The molecule has 0 aliphatic carbocycles. The number of rotatable bonds is 8. The summed E-state index contributed by atoms with van der Waals surface area (Å²) in [5.41, 5.74) is -0.388. The lowest BCUT2D eigenvalue weighted by atomic mass is 9.98. The highest BCUT2D eigenvalue weighted by Crippen LogP contribution is 2.39. The first-order valence-corrected chi connectivity index (χ1v) is 17.0. The fraction of sp³-hybridized carbons (Fsp3) is 0.0909. The van der Waals surface area contributed by atoms with Gasteiger partial charge in [-0.05, 0) is 53.2 Å². The van der Waals surface area contributed by atoms with E-state index in [0.29, 0.717) is 22.4 Å². The number of H-pyrrole nitrogens is 1. The number of halogens is 2. The molecule has 47 heavy (non-hydrogen) atoms. The topological polar surface area (TPSA) is 147 Å². The molecule has 0 radical (unpaired) electrons. The average Bonchev–Trinajstić information content (AvgIpc) is 3.32. The SMILES string of the molecule is C.CS(=O)(=O)Nc1cccc(S(=O)(=O)NC(=O)c2c(-c3ccc[nH]c3=O)c3c4ccccc4ccc3n2Cc2ccc(F)cc2F)c1. The lowest BCUT2D eigenvalue weighted by Crippen LogP contribution is -2.33. The van der Waals surface area contributed by atoms with Gasteiger partial charge in [-0.15, -0.1) is 0 Å². The van der Waals surface area contributed by atoms with Gasteiger partial charge in [0, 0.05) is 40.0 Å². The van der Waals surface area contributed by atoms with Crippen molar-refractivity contribution in [2.24, 2.45) is 0 Å². The van der Waals surface area contributed by atoms with Gasteiger partial charge in [0.1, 0.15) is 17.3 Å². The molecule has 242 valence electrons. The predicted molar refractivity (Wildman–Crippen MR) is 177 cm³/mol. The van der Waals surface area contributed by atoms with Gasteiger partial charge in [0.25, 0.3) is 21.5 Å². The third kappa shape index (κ3) is 6.50. The van der Waals surface area contributed by atoms with Crippen molar-refractivity contribution in [2.45, 2.75) is 18.9 Å². The number of sulfonamides is 2. The number of pyridine rings is 1. The number of aromatic nitrogens is 2. The molecule has 6 rings (SSSR count). The Balaban J connectivity index is 0.00000433.